The van der Waals surface area contributed by atoms with Crippen LogP contribution in [0.2, 0.25) is 5.02 Å². The Hall–Kier alpha value is -0.730. The van der Waals surface area contributed by atoms with Crippen molar-refractivity contribution >= 4 is 17.3 Å². The van der Waals surface area contributed by atoms with E-state index in [0.29, 0.717) is 6.04 Å². The van der Waals surface area contributed by atoms with Crippen molar-refractivity contribution in [1.82, 2.24) is 0 Å². The molecule has 2 N–H and O–H groups in total. The molecule has 0 radical (unpaired) electrons. The highest BCUT2D eigenvalue weighted by Gasteiger charge is 2.17. The Morgan fingerprint density at radius 1 is 1.32 bits per heavy atom. The minimum atomic E-state index is 0.201. The molecule has 0 fully saturated rings. The third-order valence-corrected chi connectivity index (χ3v) is 4.10. The third-order valence-electron chi connectivity index (χ3n) is 3.80. The first-order valence-corrected chi connectivity index (χ1v) is 7.64. The van der Waals surface area contributed by atoms with Gasteiger partial charge in [-0.3, -0.25) is 0 Å². The summed E-state index contributed by atoms with van der Waals surface area (Å²) in [4.78, 5) is 2.30. The lowest BCUT2D eigenvalue weighted by Gasteiger charge is -2.30. The van der Waals surface area contributed by atoms with Crippen molar-refractivity contribution in [3.63, 3.8) is 0 Å². The molecule has 1 rings (SSSR count). The molecule has 0 aliphatic heterocycles. The van der Waals surface area contributed by atoms with Gasteiger partial charge in [0.1, 0.15) is 0 Å². The molecule has 19 heavy (non-hydrogen) atoms. The minimum absolute atomic E-state index is 0.201. The molecule has 0 bridgehead atoms. The van der Waals surface area contributed by atoms with Gasteiger partial charge in [0.2, 0.25) is 0 Å². The molecule has 0 heterocycles. The molecule has 2 nitrogen and oxygen atoms in total. The molecule has 0 saturated carbocycles. The summed E-state index contributed by atoms with van der Waals surface area (Å²) in [5.74, 6) is 0. The van der Waals surface area contributed by atoms with E-state index in [9.17, 15) is 0 Å². The summed E-state index contributed by atoms with van der Waals surface area (Å²) in [5, 5.41) is 0.825. The second kappa shape index (κ2) is 7.76. The predicted octanol–water partition coefficient (Wildman–Crippen LogP) is 4.24. The highest BCUT2D eigenvalue weighted by atomic mass is 35.5. The van der Waals surface area contributed by atoms with E-state index in [1.165, 1.54) is 18.4 Å². The Labute approximate surface area is 122 Å². The zero-order valence-corrected chi connectivity index (χ0v) is 13.4. The molecule has 0 amide bonds. The average Bonchev–Trinajstić information content (AvgIpc) is 2.38. The van der Waals surface area contributed by atoms with Crippen molar-refractivity contribution in [2.45, 2.75) is 58.5 Å². The molecular weight excluding hydrogens is 256 g/mol. The zero-order chi connectivity index (χ0) is 14.4. The van der Waals surface area contributed by atoms with Gasteiger partial charge in [-0.2, -0.15) is 0 Å². The number of anilines is 1. The fraction of sp³-hybridized carbons (Fsp3) is 0.625. The fourth-order valence-electron chi connectivity index (χ4n) is 2.38. The van der Waals surface area contributed by atoms with Crippen LogP contribution in [0, 0.1) is 0 Å². The Morgan fingerprint density at radius 2 is 2.00 bits per heavy atom. The van der Waals surface area contributed by atoms with Crippen LogP contribution in [-0.2, 0) is 6.42 Å². The van der Waals surface area contributed by atoms with Crippen molar-refractivity contribution in [3.05, 3.63) is 28.8 Å². The fourth-order valence-corrected chi connectivity index (χ4v) is 2.71. The van der Waals surface area contributed by atoms with Gasteiger partial charge < -0.3 is 10.6 Å². The molecule has 2 atom stereocenters. The minimum Gasteiger partial charge on any atom is -0.370 e. The highest BCUT2D eigenvalue weighted by molar-refractivity contribution is 6.33. The van der Waals surface area contributed by atoms with E-state index in [1.807, 2.05) is 12.1 Å². The topological polar surface area (TPSA) is 29.3 Å². The van der Waals surface area contributed by atoms with Crippen LogP contribution in [0.5, 0.6) is 0 Å². The number of nitrogens with two attached hydrogens (primary N) is 1. The number of hydrogen-bond acceptors (Lipinski definition) is 2. The SMILES string of the molecule is CCCC(C)N(C)c1c(Cl)cccc1CC(N)CC. The lowest BCUT2D eigenvalue weighted by Crippen LogP contribution is -2.31. The lowest BCUT2D eigenvalue weighted by molar-refractivity contribution is 0.607. The van der Waals surface area contributed by atoms with Crippen molar-refractivity contribution in [2.75, 3.05) is 11.9 Å². The van der Waals surface area contributed by atoms with E-state index in [2.05, 4.69) is 38.8 Å². The van der Waals surface area contributed by atoms with Gasteiger partial charge in [0.05, 0.1) is 10.7 Å². The summed E-state index contributed by atoms with van der Waals surface area (Å²) in [5.41, 5.74) is 8.50. The van der Waals surface area contributed by atoms with Gasteiger partial charge in [0, 0.05) is 19.1 Å². The number of para-hydroxylation sites is 1. The van der Waals surface area contributed by atoms with Gasteiger partial charge in [0.25, 0.3) is 0 Å². The van der Waals surface area contributed by atoms with Crippen LogP contribution in [0.3, 0.4) is 0 Å². The molecule has 0 aliphatic rings. The number of halogens is 1. The number of hydrogen-bond donors (Lipinski definition) is 1. The summed E-state index contributed by atoms with van der Waals surface area (Å²) in [7, 11) is 2.13. The van der Waals surface area contributed by atoms with E-state index in [0.717, 1.165) is 23.6 Å². The smallest absolute Gasteiger partial charge is 0.0642 e. The summed E-state index contributed by atoms with van der Waals surface area (Å²) in [6.07, 6.45) is 4.22. The largest absolute Gasteiger partial charge is 0.370 e. The molecule has 1 aromatic carbocycles. The van der Waals surface area contributed by atoms with Gasteiger partial charge in [-0.1, -0.05) is 44.0 Å². The predicted molar refractivity (Wildman–Crippen MR) is 86.2 cm³/mol. The van der Waals surface area contributed by atoms with Crippen molar-refractivity contribution in [1.29, 1.82) is 0 Å². The second-order valence-electron chi connectivity index (χ2n) is 5.37. The Kier molecular flexibility index (Phi) is 6.67. The van der Waals surface area contributed by atoms with Crippen LogP contribution in [-0.4, -0.2) is 19.1 Å². The summed E-state index contributed by atoms with van der Waals surface area (Å²) >= 11 is 6.41. The van der Waals surface area contributed by atoms with Crippen LogP contribution >= 0.6 is 11.6 Å². The summed E-state index contributed by atoms with van der Waals surface area (Å²) in [6.45, 7) is 6.58. The normalized spacial score (nSPS) is 14.2. The van der Waals surface area contributed by atoms with Gasteiger partial charge in [0.15, 0.2) is 0 Å². The van der Waals surface area contributed by atoms with E-state index in [4.69, 9.17) is 17.3 Å². The summed E-state index contributed by atoms with van der Waals surface area (Å²) < 4.78 is 0. The number of benzene rings is 1. The van der Waals surface area contributed by atoms with E-state index in [1.54, 1.807) is 0 Å². The zero-order valence-electron chi connectivity index (χ0n) is 12.6. The third kappa shape index (κ3) is 4.39. The van der Waals surface area contributed by atoms with Gasteiger partial charge in [-0.15, -0.1) is 0 Å². The van der Waals surface area contributed by atoms with Crippen LogP contribution in [0.25, 0.3) is 0 Å². The second-order valence-corrected chi connectivity index (χ2v) is 5.78. The molecule has 0 spiro atoms. The molecule has 1 aromatic rings. The molecular formula is C16H27ClN2. The summed E-state index contributed by atoms with van der Waals surface area (Å²) in [6, 6.07) is 6.81. The van der Waals surface area contributed by atoms with E-state index >= 15 is 0 Å². The molecule has 3 heteroatoms. The van der Waals surface area contributed by atoms with Crippen LogP contribution in [0.4, 0.5) is 5.69 Å². The first kappa shape index (κ1) is 16.3. The number of rotatable bonds is 7. The molecule has 0 saturated heterocycles. The molecule has 2 unspecified atom stereocenters. The maximum Gasteiger partial charge on any atom is 0.0642 e. The van der Waals surface area contributed by atoms with Crippen molar-refractivity contribution in [3.8, 4) is 0 Å². The Bertz CT molecular complexity index is 392. The van der Waals surface area contributed by atoms with Gasteiger partial charge >= 0.3 is 0 Å². The standard InChI is InChI=1S/C16H27ClN2/c1-5-8-12(3)19(4)16-13(11-14(18)6-2)9-7-10-15(16)17/h7,9-10,12,14H,5-6,8,11,18H2,1-4H3. The Balaban J connectivity index is 3.03. The number of nitrogens with zero attached hydrogens (tertiary/aromatic N) is 1. The van der Waals surface area contributed by atoms with Crippen LogP contribution in [0.1, 0.15) is 45.6 Å². The molecule has 0 aliphatic carbocycles. The monoisotopic (exact) mass is 282 g/mol. The maximum atomic E-state index is 6.41. The first-order chi connectivity index (χ1) is 9.01. The van der Waals surface area contributed by atoms with Crippen LogP contribution in [0.15, 0.2) is 18.2 Å². The quantitative estimate of drug-likeness (QED) is 0.810. The molecule has 108 valence electrons. The van der Waals surface area contributed by atoms with Crippen LogP contribution < -0.4 is 10.6 Å². The van der Waals surface area contributed by atoms with Gasteiger partial charge in [-0.25, -0.2) is 0 Å². The Morgan fingerprint density at radius 3 is 2.58 bits per heavy atom. The van der Waals surface area contributed by atoms with Crippen molar-refractivity contribution in [2.24, 2.45) is 5.73 Å². The van der Waals surface area contributed by atoms with Gasteiger partial charge in [-0.05, 0) is 37.8 Å². The lowest BCUT2D eigenvalue weighted by atomic mass is 10.0. The van der Waals surface area contributed by atoms with E-state index in [-0.39, 0.29) is 6.04 Å². The van der Waals surface area contributed by atoms with Crippen molar-refractivity contribution < 1.29 is 0 Å². The van der Waals surface area contributed by atoms with E-state index < -0.39 is 0 Å². The molecule has 0 aromatic heterocycles. The average molecular weight is 283 g/mol. The highest BCUT2D eigenvalue weighted by Crippen LogP contribution is 2.32. The first-order valence-electron chi connectivity index (χ1n) is 7.27. The maximum absolute atomic E-state index is 6.41.